The highest BCUT2D eigenvalue weighted by Crippen LogP contribution is 2.28. The average molecular weight is 433 g/mol. The SMILES string of the molecule is Cc1cc(-c2cc(Cl)nc(N3CCN(c4nccnc4Cl)C[C@H]3C)n2)ccc1F. The highest BCUT2D eigenvalue weighted by Gasteiger charge is 2.28. The zero-order valence-electron chi connectivity index (χ0n) is 16.0. The molecule has 150 valence electrons. The van der Waals surface area contributed by atoms with Crippen molar-refractivity contribution >= 4 is 35.0 Å². The van der Waals surface area contributed by atoms with Gasteiger partial charge in [0.05, 0.1) is 5.69 Å². The molecule has 29 heavy (non-hydrogen) atoms. The maximum atomic E-state index is 13.6. The summed E-state index contributed by atoms with van der Waals surface area (Å²) < 4.78 is 13.6. The normalized spacial score (nSPS) is 16.9. The van der Waals surface area contributed by atoms with Crippen LogP contribution in [0.4, 0.5) is 16.2 Å². The maximum absolute atomic E-state index is 13.6. The van der Waals surface area contributed by atoms with Crippen LogP contribution in [0.3, 0.4) is 0 Å². The number of hydrogen-bond donors (Lipinski definition) is 0. The molecule has 1 saturated heterocycles. The van der Waals surface area contributed by atoms with Crippen molar-refractivity contribution in [3.05, 3.63) is 58.3 Å². The van der Waals surface area contributed by atoms with E-state index >= 15 is 0 Å². The predicted octanol–water partition coefficient (Wildman–Crippen LogP) is 4.40. The molecule has 0 radical (unpaired) electrons. The lowest BCUT2D eigenvalue weighted by Crippen LogP contribution is -2.53. The van der Waals surface area contributed by atoms with Crippen LogP contribution in [0, 0.1) is 12.7 Å². The molecule has 2 aromatic heterocycles. The zero-order chi connectivity index (χ0) is 20.5. The Morgan fingerprint density at radius 2 is 1.86 bits per heavy atom. The lowest BCUT2D eigenvalue weighted by molar-refractivity contribution is 0.537. The van der Waals surface area contributed by atoms with Crippen LogP contribution in [0.5, 0.6) is 0 Å². The van der Waals surface area contributed by atoms with E-state index in [9.17, 15) is 4.39 Å². The Kier molecular flexibility index (Phi) is 5.52. The standard InChI is InChI=1S/C20H19Cl2FN6/c1-12-9-14(3-4-15(12)23)16-10-17(21)27-20(26-16)29-8-7-28(11-13(29)2)19-18(22)24-5-6-25-19/h3-6,9-10,13H,7-8,11H2,1-2H3/t13-/m1/s1. The summed E-state index contributed by atoms with van der Waals surface area (Å²) in [5.74, 6) is 0.976. The molecule has 6 nitrogen and oxygen atoms in total. The zero-order valence-corrected chi connectivity index (χ0v) is 17.5. The van der Waals surface area contributed by atoms with Crippen molar-refractivity contribution in [2.45, 2.75) is 19.9 Å². The molecule has 0 unspecified atom stereocenters. The van der Waals surface area contributed by atoms with Gasteiger partial charge >= 0.3 is 0 Å². The van der Waals surface area contributed by atoms with Crippen LogP contribution in [0.2, 0.25) is 10.3 Å². The number of piperazine rings is 1. The molecule has 1 aliphatic heterocycles. The van der Waals surface area contributed by atoms with Gasteiger partial charge in [0, 0.05) is 49.7 Å². The summed E-state index contributed by atoms with van der Waals surface area (Å²) in [4.78, 5) is 21.8. The monoisotopic (exact) mass is 432 g/mol. The van der Waals surface area contributed by atoms with E-state index in [0.29, 0.717) is 53.0 Å². The minimum absolute atomic E-state index is 0.100. The molecule has 0 saturated carbocycles. The number of anilines is 2. The van der Waals surface area contributed by atoms with Gasteiger partial charge in [0.1, 0.15) is 11.0 Å². The van der Waals surface area contributed by atoms with Gasteiger partial charge in [-0.2, -0.15) is 0 Å². The Bertz CT molecular complexity index is 1050. The number of hydrogen-bond acceptors (Lipinski definition) is 6. The summed E-state index contributed by atoms with van der Waals surface area (Å²) in [7, 11) is 0. The van der Waals surface area contributed by atoms with Gasteiger partial charge in [-0.3, -0.25) is 0 Å². The molecule has 1 aliphatic rings. The van der Waals surface area contributed by atoms with Gasteiger partial charge < -0.3 is 9.80 Å². The molecule has 0 spiro atoms. The van der Waals surface area contributed by atoms with Gasteiger partial charge in [0.15, 0.2) is 11.0 Å². The molecule has 3 heterocycles. The van der Waals surface area contributed by atoms with E-state index in [1.807, 2.05) is 0 Å². The number of aryl methyl sites for hydroxylation is 1. The van der Waals surface area contributed by atoms with Gasteiger partial charge in [0.2, 0.25) is 5.95 Å². The van der Waals surface area contributed by atoms with Crippen molar-refractivity contribution < 1.29 is 4.39 Å². The van der Waals surface area contributed by atoms with E-state index in [0.717, 1.165) is 5.56 Å². The summed E-state index contributed by atoms with van der Waals surface area (Å²) in [6.45, 7) is 5.88. The summed E-state index contributed by atoms with van der Waals surface area (Å²) in [6, 6.07) is 6.69. The molecule has 0 amide bonds. The smallest absolute Gasteiger partial charge is 0.227 e. The van der Waals surface area contributed by atoms with E-state index in [4.69, 9.17) is 28.2 Å². The second-order valence-electron chi connectivity index (χ2n) is 7.00. The first-order valence-electron chi connectivity index (χ1n) is 9.21. The minimum Gasteiger partial charge on any atom is -0.350 e. The van der Waals surface area contributed by atoms with E-state index in [1.165, 1.54) is 6.07 Å². The minimum atomic E-state index is -0.249. The Morgan fingerprint density at radius 3 is 2.59 bits per heavy atom. The van der Waals surface area contributed by atoms with Crippen molar-refractivity contribution in [1.82, 2.24) is 19.9 Å². The Labute approximate surface area is 178 Å². The Balaban J connectivity index is 1.60. The topological polar surface area (TPSA) is 58.0 Å². The molecule has 0 bridgehead atoms. The van der Waals surface area contributed by atoms with Crippen molar-refractivity contribution in [2.24, 2.45) is 0 Å². The van der Waals surface area contributed by atoms with Crippen LogP contribution in [-0.4, -0.2) is 45.6 Å². The lowest BCUT2D eigenvalue weighted by Gasteiger charge is -2.40. The Morgan fingerprint density at radius 1 is 1.07 bits per heavy atom. The number of nitrogens with zero attached hydrogens (tertiary/aromatic N) is 6. The fourth-order valence-electron chi connectivity index (χ4n) is 3.46. The van der Waals surface area contributed by atoms with E-state index < -0.39 is 0 Å². The Hall–Kier alpha value is -2.51. The van der Waals surface area contributed by atoms with Crippen LogP contribution in [-0.2, 0) is 0 Å². The van der Waals surface area contributed by atoms with Crippen molar-refractivity contribution in [3.63, 3.8) is 0 Å². The molecule has 1 atom stereocenters. The number of rotatable bonds is 3. The molecule has 1 fully saturated rings. The van der Waals surface area contributed by atoms with Crippen LogP contribution in [0.15, 0.2) is 36.7 Å². The lowest BCUT2D eigenvalue weighted by atomic mass is 10.1. The first-order valence-corrected chi connectivity index (χ1v) is 9.97. The van der Waals surface area contributed by atoms with Crippen molar-refractivity contribution in [1.29, 1.82) is 0 Å². The molecule has 4 rings (SSSR count). The third-order valence-corrected chi connectivity index (χ3v) is 5.42. The molecule has 1 aromatic carbocycles. The fourth-order valence-corrected chi connectivity index (χ4v) is 3.86. The largest absolute Gasteiger partial charge is 0.350 e. The number of benzene rings is 1. The first kappa shape index (κ1) is 19.8. The molecule has 9 heteroatoms. The molecule has 0 N–H and O–H groups in total. The fraction of sp³-hybridized carbons (Fsp3) is 0.300. The van der Waals surface area contributed by atoms with E-state index in [2.05, 4.69) is 31.7 Å². The third-order valence-electron chi connectivity index (χ3n) is 4.96. The highest BCUT2D eigenvalue weighted by atomic mass is 35.5. The summed E-state index contributed by atoms with van der Waals surface area (Å²) in [6.07, 6.45) is 3.21. The van der Waals surface area contributed by atoms with Crippen molar-refractivity contribution in [2.75, 3.05) is 29.4 Å². The molecule has 0 aliphatic carbocycles. The van der Waals surface area contributed by atoms with Gasteiger partial charge in [-0.25, -0.2) is 24.3 Å². The highest BCUT2D eigenvalue weighted by molar-refractivity contribution is 6.31. The molecular weight excluding hydrogens is 414 g/mol. The summed E-state index contributed by atoms with van der Waals surface area (Å²) in [5, 5.41) is 0.736. The van der Waals surface area contributed by atoms with Crippen molar-refractivity contribution in [3.8, 4) is 11.3 Å². The summed E-state index contributed by atoms with van der Waals surface area (Å²) >= 11 is 12.5. The number of halogens is 3. The van der Waals surface area contributed by atoms with E-state index in [1.54, 1.807) is 37.5 Å². The van der Waals surface area contributed by atoms with Gasteiger partial charge in [-0.1, -0.05) is 23.2 Å². The average Bonchev–Trinajstić information content (AvgIpc) is 2.70. The van der Waals surface area contributed by atoms with Gasteiger partial charge in [-0.05, 0) is 37.6 Å². The molecular formula is C20H19Cl2FN6. The predicted molar refractivity (Wildman–Crippen MR) is 113 cm³/mol. The van der Waals surface area contributed by atoms with Gasteiger partial charge in [0.25, 0.3) is 0 Å². The first-order chi connectivity index (χ1) is 13.9. The third kappa shape index (κ3) is 4.11. The van der Waals surface area contributed by atoms with Crippen LogP contribution >= 0.6 is 23.2 Å². The van der Waals surface area contributed by atoms with Crippen LogP contribution in [0.1, 0.15) is 12.5 Å². The van der Waals surface area contributed by atoms with Crippen LogP contribution < -0.4 is 9.80 Å². The summed E-state index contributed by atoms with van der Waals surface area (Å²) in [5.41, 5.74) is 2.02. The quantitative estimate of drug-likeness (QED) is 0.571. The second kappa shape index (κ2) is 8.08. The maximum Gasteiger partial charge on any atom is 0.227 e. The second-order valence-corrected chi connectivity index (χ2v) is 7.74. The van der Waals surface area contributed by atoms with Crippen LogP contribution in [0.25, 0.3) is 11.3 Å². The van der Waals surface area contributed by atoms with E-state index in [-0.39, 0.29) is 11.9 Å². The van der Waals surface area contributed by atoms with Gasteiger partial charge in [-0.15, -0.1) is 0 Å². The number of aromatic nitrogens is 4. The molecule has 3 aromatic rings.